The third-order valence-electron chi connectivity index (χ3n) is 8.26. The normalized spacial score (nSPS) is 19.6. The summed E-state index contributed by atoms with van der Waals surface area (Å²) in [7, 11) is 0. The quantitative estimate of drug-likeness (QED) is 0.281. The van der Waals surface area contributed by atoms with Gasteiger partial charge in [-0.25, -0.2) is 0 Å². The van der Waals surface area contributed by atoms with Crippen LogP contribution in [0.1, 0.15) is 115 Å². The third kappa shape index (κ3) is 10.4. The monoisotopic (exact) mass is 380 g/mol. The molecule has 0 aromatic carbocycles. The van der Waals surface area contributed by atoms with Gasteiger partial charge in [0.1, 0.15) is 0 Å². The molecule has 0 aromatic rings. The summed E-state index contributed by atoms with van der Waals surface area (Å²) >= 11 is 0. The molecule has 0 saturated carbocycles. The van der Waals surface area contributed by atoms with Gasteiger partial charge in [0.15, 0.2) is 0 Å². The maximum Gasteiger partial charge on any atom is -0.0365 e. The van der Waals surface area contributed by atoms with Gasteiger partial charge in [-0.3, -0.25) is 0 Å². The first-order valence-corrected chi connectivity index (χ1v) is 12.4. The zero-order valence-electron chi connectivity index (χ0n) is 21.3. The SMILES string of the molecule is CC(CCC(C)CC(C(C)C)C(C)C)CCC(C)C(C)C(C)C(C)C(C)C. The van der Waals surface area contributed by atoms with E-state index in [4.69, 9.17) is 0 Å². The van der Waals surface area contributed by atoms with Crippen molar-refractivity contribution in [1.29, 1.82) is 0 Å². The van der Waals surface area contributed by atoms with E-state index in [0.29, 0.717) is 0 Å². The van der Waals surface area contributed by atoms with E-state index in [1.54, 1.807) is 0 Å². The standard InChI is InChI=1S/C27H56/c1-18(2)24(10)26(12)25(11)23(9)16-15-21(7)13-14-22(8)17-27(19(3)4)20(5)6/h18-27H,13-17H2,1-12H3. The smallest absolute Gasteiger partial charge is 0.0365 e. The van der Waals surface area contributed by atoms with Gasteiger partial charge in [-0.2, -0.15) is 0 Å². The summed E-state index contributed by atoms with van der Waals surface area (Å²) < 4.78 is 0. The lowest BCUT2D eigenvalue weighted by Crippen LogP contribution is -2.25. The Morgan fingerprint density at radius 1 is 0.407 bits per heavy atom. The lowest BCUT2D eigenvalue weighted by molar-refractivity contribution is 0.165. The van der Waals surface area contributed by atoms with E-state index >= 15 is 0 Å². The first kappa shape index (κ1) is 27.0. The molecular formula is C27H56. The maximum atomic E-state index is 2.50. The van der Waals surface area contributed by atoms with Crippen molar-refractivity contribution in [3.05, 3.63) is 0 Å². The fourth-order valence-corrected chi connectivity index (χ4v) is 5.02. The molecule has 0 rings (SSSR count). The van der Waals surface area contributed by atoms with E-state index < -0.39 is 0 Å². The topological polar surface area (TPSA) is 0 Å². The highest BCUT2D eigenvalue weighted by molar-refractivity contribution is 4.75. The Bertz CT molecular complexity index is 345. The first-order valence-electron chi connectivity index (χ1n) is 12.4. The van der Waals surface area contributed by atoms with Gasteiger partial charge in [-0.05, 0) is 65.6 Å². The number of hydrogen-bond donors (Lipinski definition) is 0. The minimum absolute atomic E-state index is 0.801. The average molecular weight is 381 g/mol. The molecule has 0 saturated heterocycles. The van der Waals surface area contributed by atoms with Crippen molar-refractivity contribution >= 4 is 0 Å². The molecule has 27 heavy (non-hydrogen) atoms. The van der Waals surface area contributed by atoms with Crippen LogP contribution in [0.2, 0.25) is 0 Å². The molecule has 0 spiro atoms. The van der Waals surface area contributed by atoms with Gasteiger partial charge in [0.05, 0.1) is 0 Å². The fourth-order valence-electron chi connectivity index (χ4n) is 5.02. The Hall–Kier alpha value is 0. The molecule has 0 aliphatic rings. The van der Waals surface area contributed by atoms with Gasteiger partial charge in [-0.1, -0.05) is 109 Å². The predicted octanol–water partition coefficient (Wildman–Crippen LogP) is 9.34. The molecule has 6 unspecified atom stereocenters. The Kier molecular flexibility index (Phi) is 13.3. The van der Waals surface area contributed by atoms with Gasteiger partial charge in [0.2, 0.25) is 0 Å². The molecule has 0 nitrogen and oxygen atoms in total. The largest absolute Gasteiger partial charge is 0.0625 e. The molecule has 0 N–H and O–H groups in total. The van der Waals surface area contributed by atoms with Crippen LogP contribution in [0.5, 0.6) is 0 Å². The van der Waals surface area contributed by atoms with Crippen molar-refractivity contribution in [2.45, 2.75) is 115 Å². The Morgan fingerprint density at radius 3 is 1.30 bits per heavy atom. The summed E-state index contributed by atoms with van der Waals surface area (Å²) in [5, 5.41) is 0. The minimum Gasteiger partial charge on any atom is -0.0625 e. The highest BCUT2D eigenvalue weighted by Crippen LogP contribution is 2.34. The Morgan fingerprint density at radius 2 is 0.852 bits per heavy atom. The van der Waals surface area contributed by atoms with Crippen LogP contribution in [0, 0.1) is 59.2 Å². The van der Waals surface area contributed by atoms with Crippen molar-refractivity contribution in [3.8, 4) is 0 Å². The molecule has 0 radical (unpaired) electrons. The van der Waals surface area contributed by atoms with E-state index in [9.17, 15) is 0 Å². The molecule has 0 amide bonds. The molecule has 0 aliphatic heterocycles. The van der Waals surface area contributed by atoms with Crippen LogP contribution in [0.25, 0.3) is 0 Å². The van der Waals surface area contributed by atoms with Gasteiger partial charge < -0.3 is 0 Å². The summed E-state index contributed by atoms with van der Waals surface area (Å²) in [5.41, 5.74) is 0. The summed E-state index contributed by atoms with van der Waals surface area (Å²) in [4.78, 5) is 0. The van der Waals surface area contributed by atoms with Crippen molar-refractivity contribution in [3.63, 3.8) is 0 Å². The number of rotatable bonds is 14. The van der Waals surface area contributed by atoms with Gasteiger partial charge >= 0.3 is 0 Å². The molecule has 0 heteroatoms. The van der Waals surface area contributed by atoms with Crippen LogP contribution < -0.4 is 0 Å². The second kappa shape index (κ2) is 13.3. The summed E-state index contributed by atoms with van der Waals surface area (Å²) in [6, 6.07) is 0. The van der Waals surface area contributed by atoms with E-state index in [2.05, 4.69) is 83.1 Å². The lowest BCUT2D eigenvalue weighted by atomic mass is 9.73. The van der Waals surface area contributed by atoms with Crippen molar-refractivity contribution in [2.75, 3.05) is 0 Å². The second-order valence-electron chi connectivity index (χ2n) is 11.6. The fraction of sp³-hybridized carbons (Fsp3) is 1.00. The van der Waals surface area contributed by atoms with Crippen molar-refractivity contribution in [1.82, 2.24) is 0 Å². The van der Waals surface area contributed by atoms with Gasteiger partial charge in [0, 0.05) is 0 Å². The zero-order chi connectivity index (χ0) is 21.3. The lowest BCUT2D eigenvalue weighted by Gasteiger charge is -2.33. The highest BCUT2D eigenvalue weighted by atomic mass is 14.3. The van der Waals surface area contributed by atoms with Crippen LogP contribution in [-0.4, -0.2) is 0 Å². The summed E-state index contributed by atoms with van der Waals surface area (Å²) in [6.45, 7) is 29.3. The van der Waals surface area contributed by atoms with E-state index in [1.807, 2.05) is 0 Å². The zero-order valence-corrected chi connectivity index (χ0v) is 21.3. The van der Waals surface area contributed by atoms with Crippen LogP contribution >= 0.6 is 0 Å². The van der Waals surface area contributed by atoms with Crippen LogP contribution in [0.4, 0.5) is 0 Å². The number of hydrogen-bond acceptors (Lipinski definition) is 0. The molecular weight excluding hydrogens is 324 g/mol. The van der Waals surface area contributed by atoms with E-state index in [0.717, 1.165) is 59.2 Å². The maximum absolute atomic E-state index is 2.50. The minimum atomic E-state index is 0.801. The molecule has 0 heterocycles. The summed E-state index contributed by atoms with van der Waals surface area (Å²) in [6.07, 6.45) is 7.08. The van der Waals surface area contributed by atoms with Crippen molar-refractivity contribution < 1.29 is 0 Å². The van der Waals surface area contributed by atoms with Crippen LogP contribution in [0.15, 0.2) is 0 Å². The molecule has 6 atom stereocenters. The third-order valence-corrected chi connectivity index (χ3v) is 8.26. The van der Waals surface area contributed by atoms with Crippen LogP contribution in [-0.2, 0) is 0 Å². The van der Waals surface area contributed by atoms with Gasteiger partial charge in [0.25, 0.3) is 0 Å². The highest BCUT2D eigenvalue weighted by Gasteiger charge is 2.26. The first-order chi connectivity index (χ1) is 12.4. The molecule has 0 bridgehead atoms. The molecule has 0 aliphatic carbocycles. The Balaban J connectivity index is 4.26. The second-order valence-corrected chi connectivity index (χ2v) is 11.6. The molecule has 0 fully saturated rings. The predicted molar refractivity (Wildman–Crippen MR) is 126 cm³/mol. The molecule has 0 aromatic heterocycles. The van der Waals surface area contributed by atoms with E-state index in [-0.39, 0.29) is 0 Å². The Labute approximate surface area is 174 Å². The van der Waals surface area contributed by atoms with Crippen molar-refractivity contribution in [2.24, 2.45) is 59.2 Å². The summed E-state index contributed by atoms with van der Waals surface area (Å²) in [5.74, 6) is 8.46. The average Bonchev–Trinajstić information content (AvgIpc) is 2.59. The van der Waals surface area contributed by atoms with Crippen LogP contribution in [0.3, 0.4) is 0 Å². The molecule has 164 valence electrons. The van der Waals surface area contributed by atoms with E-state index in [1.165, 1.54) is 32.1 Å². The van der Waals surface area contributed by atoms with Gasteiger partial charge in [-0.15, -0.1) is 0 Å².